The Morgan fingerprint density at radius 1 is 1.05 bits per heavy atom. The number of carbonyl (C=O) groups is 1. The summed E-state index contributed by atoms with van der Waals surface area (Å²) in [6.45, 7) is 0. The maximum atomic E-state index is 12.5. The third-order valence-corrected chi connectivity index (χ3v) is 4.47. The molecule has 0 amide bonds. The van der Waals surface area contributed by atoms with Gasteiger partial charge in [0, 0.05) is 14.5 Å². The number of ketones is 1. The Morgan fingerprint density at radius 3 is 2.19 bits per heavy atom. The highest BCUT2D eigenvalue weighted by Crippen LogP contribution is 2.29. The number of Topliss-reactive ketones (excluding diaryl/α,β-unsaturated/α-hetero) is 1. The second-order valence-electron chi connectivity index (χ2n) is 4.26. The Labute approximate surface area is 148 Å². The molecule has 0 saturated heterocycles. The second-order valence-corrected chi connectivity index (χ2v) is 6.90. The number of nitriles is 1. The van der Waals surface area contributed by atoms with Crippen molar-refractivity contribution in [3.63, 3.8) is 0 Å². The average molecular weight is 448 g/mol. The van der Waals surface area contributed by atoms with Crippen molar-refractivity contribution in [3.05, 3.63) is 66.5 Å². The summed E-state index contributed by atoms with van der Waals surface area (Å²) in [4.78, 5) is 12.5. The van der Waals surface area contributed by atoms with E-state index in [0.717, 1.165) is 8.95 Å². The summed E-state index contributed by atoms with van der Waals surface area (Å²) >= 11 is 18.5. The SMILES string of the molecule is N#CC(C(=O)c1cc(Br)cc(Br)c1)c1ccc(Cl)c(Cl)c1. The number of hydrogen-bond acceptors (Lipinski definition) is 2. The van der Waals surface area contributed by atoms with Crippen molar-refractivity contribution in [3.8, 4) is 6.07 Å². The monoisotopic (exact) mass is 445 g/mol. The summed E-state index contributed by atoms with van der Waals surface area (Å²) in [5.41, 5.74) is 0.960. The lowest BCUT2D eigenvalue weighted by Crippen LogP contribution is -2.11. The largest absolute Gasteiger partial charge is 0.292 e. The zero-order valence-electron chi connectivity index (χ0n) is 10.4. The maximum absolute atomic E-state index is 12.5. The highest BCUT2D eigenvalue weighted by atomic mass is 79.9. The third-order valence-electron chi connectivity index (χ3n) is 2.82. The molecule has 0 bridgehead atoms. The van der Waals surface area contributed by atoms with E-state index in [2.05, 4.69) is 31.9 Å². The molecule has 2 aromatic carbocycles. The Bertz CT molecular complexity index is 736. The van der Waals surface area contributed by atoms with Crippen molar-refractivity contribution in [2.45, 2.75) is 5.92 Å². The fourth-order valence-corrected chi connectivity index (χ4v) is 3.44. The normalized spacial score (nSPS) is 11.8. The van der Waals surface area contributed by atoms with E-state index < -0.39 is 5.92 Å². The van der Waals surface area contributed by atoms with Crippen LogP contribution in [0.15, 0.2) is 45.3 Å². The average Bonchev–Trinajstić information content (AvgIpc) is 2.42. The molecular weight excluding hydrogens is 441 g/mol. The summed E-state index contributed by atoms with van der Waals surface area (Å²) in [5, 5.41) is 10.0. The van der Waals surface area contributed by atoms with Gasteiger partial charge in [-0.05, 0) is 35.9 Å². The zero-order chi connectivity index (χ0) is 15.6. The van der Waals surface area contributed by atoms with Crippen LogP contribution in [0.5, 0.6) is 0 Å². The first-order valence-electron chi connectivity index (χ1n) is 5.77. The van der Waals surface area contributed by atoms with Crippen LogP contribution in [-0.4, -0.2) is 5.78 Å². The van der Waals surface area contributed by atoms with Gasteiger partial charge < -0.3 is 0 Å². The lowest BCUT2D eigenvalue weighted by molar-refractivity contribution is 0.0979. The number of hydrogen-bond donors (Lipinski definition) is 0. The first-order valence-corrected chi connectivity index (χ1v) is 8.11. The minimum atomic E-state index is -0.930. The van der Waals surface area contributed by atoms with E-state index in [1.54, 1.807) is 30.3 Å². The van der Waals surface area contributed by atoms with Gasteiger partial charge in [0.1, 0.15) is 5.92 Å². The number of nitrogens with zero attached hydrogens (tertiary/aromatic N) is 1. The van der Waals surface area contributed by atoms with Crippen LogP contribution in [0, 0.1) is 11.3 Å². The number of carbonyl (C=O) groups excluding carboxylic acids is 1. The summed E-state index contributed by atoms with van der Waals surface area (Å²) in [6.07, 6.45) is 0. The second kappa shape index (κ2) is 6.93. The van der Waals surface area contributed by atoms with Gasteiger partial charge in [-0.25, -0.2) is 0 Å². The third kappa shape index (κ3) is 3.87. The molecule has 0 spiro atoms. The minimum Gasteiger partial charge on any atom is -0.292 e. The van der Waals surface area contributed by atoms with Gasteiger partial charge in [-0.1, -0.05) is 61.1 Å². The summed E-state index contributed by atoms with van der Waals surface area (Å²) in [6, 6.07) is 11.9. The van der Waals surface area contributed by atoms with Crippen LogP contribution in [0.2, 0.25) is 10.0 Å². The molecule has 0 aliphatic heterocycles. The Kier molecular flexibility index (Phi) is 5.45. The highest BCUT2D eigenvalue weighted by molar-refractivity contribution is 9.11. The molecule has 0 radical (unpaired) electrons. The zero-order valence-corrected chi connectivity index (χ0v) is 15.1. The maximum Gasteiger partial charge on any atom is 0.184 e. The first-order chi connectivity index (χ1) is 9.92. The van der Waals surface area contributed by atoms with E-state index >= 15 is 0 Å². The molecule has 0 saturated carbocycles. The first kappa shape index (κ1) is 16.5. The van der Waals surface area contributed by atoms with Crippen molar-refractivity contribution >= 4 is 60.8 Å². The van der Waals surface area contributed by atoms with Gasteiger partial charge in [0.25, 0.3) is 0 Å². The van der Waals surface area contributed by atoms with Gasteiger partial charge in [0.05, 0.1) is 16.1 Å². The molecule has 106 valence electrons. The number of halogens is 4. The quantitative estimate of drug-likeness (QED) is 0.541. The van der Waals surface area contributed by atoms with E-state index in [1.807, 2.05) is 12.1 Å². The molecule has 0 aliphatic carbocycles. The van der Waals surface area contributed by atoms with Crippen LogP contribution in [0.4, 0.5) is 0 Å². The lowest BCUT2D eigenvalue weighted by atomic mass is 9.92. The van der Waals surface area contributed by atoms with Crippen LogP contribution in [0.3, 0.4) is 0 Å². The van der Waals surface area contributed by atoms with Crippen LogP contribution in [0.25, 0.3) is 0 Å². The molecule has 0 heterocycles. The number of rotatable bonds is 3. The van der Waals surface area contributed by atoms with Crippen molar-refractivity contribution in [2.24, 2.45) is 0 Å². The van der Waals surface area contributed by atoms with Gasteiger partial charge in [-0.2, -0.15) is 5.26 Å². The van der Waals surface area contributed by atoms with E-state index in [9.17, 15) is 10.1 Å². The molecule has 2 rings (SSSR count). The van der Waals surface area contributed by atoms with Crippen molar-refractivity contribution in [1.82, 2.24) is 0 Å². The summed E-state index contributed by atoms with van der Waals surface area (Å²) < 4.78 is 1.51. The standard InChI is InChI=1S/C15H7Br2Cl2NO/c16-10-3-9(4-11(17)6-10)15(21)12(7-20)8-1-2-13(18)14(19)5-8/h1-6,12H. The molecule has 6 heteroatoms. The predicted molar refractivity (Wildman–Crippen MR) is 91.0 cm³/mol. The van der Waals surface area contributed by atoms with Gasteiger partial charge >= 0.3 is 0 Å². The Balaban J connectivity index is 2.43. The summed E-state index contributed by atoms with van der Waals surface area (Å²) in [5.74, 6) is -1.22. The van der Waals surface area contributed by atoms with Crippen LogP contribution >= 0.6 is 55.1 Å². The van der Waals surface area contributed by atoms with Crippen LogP contribution < -0.4 is 0 Å². The Hall–Kier alpha value is -0.860. The fraction of sp³-hybridized carbons (Fsp3) is 0.0667. The van der Waals surface area contributed by atoms with Gasteiger partial charge in [0.15, 0.2) is 5.78 Å². The molecule has 2 aromatic rings. The molecule has 2 nitrogen and oxygen atoms in total. The molecule has 0 aromatic heterocycles. The van der Waals surface area contributed by atoms with E-state index in [-0.39, 0.29) is 5.78 Å². The fourth-order valence-electron chi connectivity index (χ4n) is 1.84. The number of benzene rings is 2. The molecule has 1 unspecified atom stereocenters. The lowest BCUT2D eigenvalue weighted by Gasteiger charge is -2.10. The van der Waals surface area contributed by atoms with E-state index in [1.165, 1.54) is 0 Å². The molecule has 0 N–H and O–H groups in total. The topological polar surface area (TPSA) is 40.9 Å². The van der Waals surface area contributed by atoms with E-state index in [4.69, 9.17) is 23.2 Å². The predicted octanol–water partition coefficient (Wildman–Crippen LogP) is 6.01. The molecular formula is C15H7Br2Cl2NO. The summed E-state index contributed by atoms with van der Waals surface area (Å²) in [7, 11) is 0. The minimum absolute atomic E-state index is 0.294. The Morgan fingerprint density at radius 2 is 1.67 bits per heavy atom. The molecule has 1 atom stereocenters. The van der Waals surface area contributed by atoms with Crippen molar-refractivity contribution < 1.29 is 4.79 Å². The molecule has 0 aliphatic rings. The molecule has 0 fully saturated rings. The van der Waals surface area contributed by atoms with Gasteiger partial charge in [0.2, 0.25) is 0 Å². The highest BCUT2D eigenvalue weighted by Gasteiger charge is 2.23. The van der Waals surface area contributed by atoms with Crippen LogP contribution in [0.1, 0.15) is 21.8 Å². The van der Waals surface area contributed by atoms with Crippen molar-refractivity contribution in [2.75, 3.05) is 0 Å². The van der Waals surface area contributed by atoms with Crippen LogP contribution in [-0.2, 0) is 0 Å². The van der Waals surface area contributed by atoms with E-state index in [0.29, 0.717) is 21.2 Å². The van der Waals surface area contributed by atoms with Gasteiger partial charge in [-0.15, -0.1) is 0 Å². The smallest absolute Gasteiger partial charge is 0.184 e. The van der Waals surface area contributed by atoms with Crippen molar-refractivity contribution in [1.29, 1.82) is 5.26 Å². The molecule has 21 heavy (non-hydrogen) atoms. The van der Waals surface area contributed by atoms with Gasteiger partial charge in [-0.3, -0.25) is 4.79 Å².